The SMILES string of the molecule is O=C(O)c1ccc(Nc2cc(Cl)ccc2Cl)cc1. The third-order valence-electron chi connectivity index (χ3n) is 2.34. The fourth-order valence-electron chi connectivity index (χ4n) is 1.44. The van der Waals surface area contributed by atoms with Gasteiger partial charge in [0.15, 0.2) is 0 Å². The molecule has 3 nitrogen and oxygen atoms in total. The van der Waals surface area contributed by atoms with Crippen molar-refractivity contribution in [2.45, 2.75) is 0 Å². The maximum atomic E-state index is 10.7. The molecule has 0 saturated carbocycles. The van der Waals surface area contributed by atoms with Gasteiger partial charge in [-0.2, -0.15) is 0 Å². The Morgan fingerprint density at radius 1 is 1.06 bits per heavy atom. The van der Waals surface area contributed by atoms with Gasteiger partial charge in [-0.25, -0.2) is 4.79 Å². The van der Waals surface area contributed by atoms with Crippen molar-refractivity contribution in [1.82, 2.24) is 0 Å². The number of hydrogen-bond acceptors (Lipinski definition) is 2. The van der Waals surface area contributed by atoms with Gasteiger partial charge in [-0.15, -0.1) is 0 Å². The third-order valence-corrected chi connectivity index (χ3v) is 2.90. The highest BCUT2D eigenvalue weighted by Gasteiger charge is 2.04. The highest BCUT2D eigenvalue weighted by Crippen LogP contribution is 2.28. The summed E-state index contributed by atoms with van der Waals surface area (Å²) in [6.07, 6.45) is 0. The molecule has 2 rings (SSSR count). The van der Waals surface area contributed by atoms with Crippen LogP contribution in [0.25, 0.3) is 0 Å². The number of anilines is 2. The second-order valence-corrected chi connectivity index (χ2v) is 4.48. The largest absolute Gasteiger partial charge is 0.478 e. The molecule has 0 bridgehead atoms. The Balaban J connectivity index is 2.23. The summed E-state index contributed by atoms with van der Waals surface area (Å²) in [7, 11) is 0. The Morgan fingerprint density at radius 3 is 2.33 bits per heavy atom. The van der Waals surface area contributed by atoms with Crippen LogP contribution in [0.15, 0.2) is 42.5 Å². The van der Waals surface area contributed by atoms with E-state index in [0.717, 1.165) is 5.69 Å². The number of carboxylic acids is 1. The van der Waals surface area contributed by atoms with Crippen LogP contribution in [-0.4, -0.2) is 11.1 Å². The lowest BCUT2D eigenvalue weighted by Crippen LogP contribution is -1.96. The number of benzene rings is 2. The average molecular weight is 282 g/mol. The topological polar surface area (TPSA) is 49.3 Å². The van der Waals surface area contributed by atoms with Gasteiger partial charge in [0.1, 0.15) is 0 Å². The van der Waals surface area contributed by atoms with Crippen LogP contribution in [0, 0.1) is 0 Å². The Labute approximate surface area is 114 Å². The van der Waals surface area contributed by atoms with Gasteiger partial charge in [0.25, 0.3) is 0 Å². The number of hydrogen-bond donors (Lipinski definition) is 2. The lowest BCUT2D eigenvalue weighted by Gasteiger charge is -2.09. The summed E-state index contributed by atoms with van der Waals surface area (Å²) >= 11 is 11.9. The molecular formula is C13H9Cl2NO2. The van der Waals surface area contributed by atoms with Crippen molar-refractivity contribution in [3.63, 3.8) is 0 Å². The Hall–Kier alpha value is -1.71. The van der Waals surface area contributed by atoms with Gasteiger partial charge < -0.3 is 10.4 Å². The van der Waals surface area contributed by atoms with Gasteiger partial charge >= 0.3 is 5.97 Å². The molecule has 0 saturated heterocycles. The fourth-order valence-corrected chi connectivity index (χ4v) is 1.78. The van der Waals surface area contributed by atoms with Gasteiger partial charge in [0, 0.05) is 10.7 Å². The van der Waals surface area contributed by atoms with E-state index in [9.17, 15) is 4.79 Å². The first kappa shape index (κ1) is 12.7. The van der Waals surface area contributed by atoms with Gasteiger partial charge in [0.2, 0.25) is 0 Å². The van der Waals surface area contributed by atoms with Crippen LogP contribution in [0.4, 0.5) is 11.4 Å². The van der Waals surface area contributed by atoms with E-state index in [4.69, 9.17) is 28.3 Å². The number of halogens is 2. The molecule has 0 aliphatic heterocycles. The molecule has 0 aliphatic rings. The van der Waals surface area contributed by atoms with Crippen LogP contribution in [0.3, 0.4) is 0 Å². The minimum absolute atomic E-state index is 0.234. The molecule has 0 amide bonds. The summed E-state index contributed by atoms with van der Waals surface area (Å²) in [5, 5.41) is 13.0. The molecule has 2 aromatic rings. The van der Waals surface area contributed by atoms with Gasteiger partial charge in [0.05, 0.1) is 16.3 Å². The van der Waals surface area contributed by atoms with E-state index < -0.39 is 5.97 Å². The Kier molecular flexibility index (Phi) is 3.75. The monoisotopic (exact) mass is 281 g/mol. The lowest BCUT2D eigenvalue weighted by atomic mass is 10.2. The second kappa shape index (κ2) is 5.29. The number of nitrogens with one attached hydrogen (secondary N) is 1. The van der Waals surface area contributed by atoms with Gasteiger partial charge in [-0.1, -0.05) is 23.2 Å². The summed E-state index contributed by atoms with van der Waals surface area (Å²) in [5.74, 6) is -0.956. The fraction of sp³-hybridized carbons (Fsp3) is 0. The Morgan fingerprint density at radius 2 is 1.72 bits per heavy atom. The molecule has 0 aromatic heterocycles. The first-order valence-electron chi connectivity index (χ1n) is 5.12. The maximum absolute atomic E-state index is 10.7. The van der Waals surface area contributed by atoms with E-state index in [-0.39, 0.29) is 5.56 Å². The first-order valence-corrected chi connectivity index (χ1v) is 5.87. The zero-order valence-electron chi connectivity index (χ0n) is 9.15. The molecule has 2 N–H and O–H groups in total. The van der Waals surface area contributed by atoms with Crippen molar-refractivity contribution < 1.29 is 9.90 Å². The molecule has 18 heavy (non-hydrogen) atoms. The van der Waals surface area contributed by atoms with E-state index in [1.165, 1.54) is 12.1 Å². The number of aromatic carboxylic acids is 1. The van der Waals surface area contributed by atoms with Crippen molar-refractivity contribution >= 4 is 40.5 Å². The number of carbonyl (C=O) groups is 1. The highest BCUT2D eigenvalue weighted by atomic mass is 35.5. The molecule has 0 aliphatic carbocycles. The summed E-state index contributed by atoms with van der Waals surface area (Å²) in [6, 6.07) is 11.5. The summed E-state index contributed by atoms with van der Waals surface area (Å²) in [5.41, 5.74) is 1.65. The van der Waals surface area contributed by atoms with Crippen LogP contribution in [0.1, 0.15) is 10.4 Å². The van der Waals surface area contributed by atoms with Gasteiger partial charge in [-0.3, -0.25) is 0 Å². The van der Waals surface area contributed by atoms with Crippen LogP contribution < -0.4 is 5.32 Å². The predicted octanol–water partition coefficient (Wildman–Crippen LogP) is 4.44. The van der Waals surface area contributed by atoms with Crippen LogP contribution in [-0.2, 0) is 0 Å². The zero-order chi connectivity index (χ0) is 13.1. The number of carboxylic acid groups (broad SMARTS) is 1. The van der Waals surface area contributed by atoms with Crippen molar-refractivity contribution in [3.05, 3.63) is 58.1 Å². The van der Waals surface area contributed by atoms with E-state index in [1.807, 2.05) is 0 Å². The quantitative estimate of drug-likeness (QED) is 0.875. The molecule has 0 spiro atoms. The molecule has 5 heteroatoms. The standard InChI is InChI=1S/C13H9Cl2NO2/c14-9-3-6-11(15)12(7-9)16-10-4-1-8(2-5-10)13(17)18/h1-7,16H,(H,17,18). The van der Waals surface area contributed by atoms with Crippen molar-refractivity contribution in [1.29, 1.82) is 0 Å². The molecule has 0 heterocycles. The molecule has 2 aromatic carbocycles. The molecule has 0 unspecified atom stereocenters. The lowest BCUT2D eigenvalue weighted by molar-refractivity contribution is 0.0697. The minimum atomic E-state index is -0.956. The minimum Gasteiger partial charge on any atom is -0.478 e. The molecule has 0 fully saturated rings. The molecule has 92 valence electrons. The van der Waals surface area contributed by atoms with Crippen LogP contribution in [0.2, 0.25) is 10.0 Å². The summed E-state index contributed by atoms with van der Waals surface area (Å²) in [6.45, 7) is 0. The van der Waals surface area contributed by atoms with Crippen LogP contribution >= 0.6 is 23.2 Å². The first-order chi connectivity index (χ1) is 8.56. The van der Waals surface area contributed by atoms with E-state index in [2.05, 4.69) is 5.32 Å². The smallest absolute Gasteiger partial charge is 0.335 e. The number of rotatable bonds is 3. The molecule has 0 atom stereocenters. The van der Waals surface area contributed by atoms with Gasteiger partial charge in [-0.05, 0) is 42.5 Å². The highest BCUT2D eigenvalue weighted by molar-refractivity contribution is 6.35. The van der Waals surface area contributed by atoms with Crippen molar-refractivity contribution in [2.24, 2.45) is 0 Å². The Bertz CT molecular complexity index is 582. The average Bonchev–Trinajstić information content (AvgIpc) is 2.34. The normalized spacial score (nSPS) is 10.1. The van der Waals surface area contributed by atoms with Crippen molar-refractivity contribution in [3.8, 4) is 0 Å². The van der Waals surface area contributed by atoms with E-state index in [0.29, 0.717) is 15.7 Å². The molecular weight excluding hydrogens is 273 g/mol. The van der Waals surface area contributed by atoms with Crippen LogP contribution in [0.5, 0.6) is 0 Å². The zero-order valence-corrected chi connectivity index (χ0v) is 10.7. The summed E-state index contributed by atoms with van der Waals surface area (Å²) in [4.78, 5) is 10.7. The predicted molar refractivity (Wildman–Crippen MR) is 73.1 cm³/mol. The second-order valence-electron chi connectivity index (χ2n) is 3.63. The van der Waals surface area contributed by atoms with E-state index in [1.54, 1.807) is 30.3 Å². The molecule has 0 radical (unpaired) electrons. The maximum Gasteiger partial charge on any atom is 0.335 e. The van der Waals surface area contributed by atoms with Crippen molar-refractivity contribution in [2.75, 3.05) is 5.32 Å². The third kappa shape index (κ3) is 2.94. The summed E-state index contributed by atoms with van der Waals surface area (Å²) < 4.78 is 0. The van der Waals surface area contributed by atoms with E-state index >= 15 is 0 Å².